The van der Waals surface area contributed by atoms with Crippen LogP contribution >= 0.6 is 43.5 Å². The second-order valence-corrected chi connectivity index (χ2v) is 9.71. The molecule has 120 valence electrons. The Balaban J connectivity index is 2.18. The highest BCUT2D eigenvalue weighted by Gasteiger charge is 2.28. The lowest BCUT2D eigenvalue weighted by Gasteiger charge is -2.23. The van der Waals surface area contributed by atoms with Gasteiger partial charge in [-0.05, 0) is 58.4 Å². The van der Waals surface area contributed by atoms with E-state index in [1.54, 1.807) is 6.07 Å². The van der Waals surface area contributed by atoms with Gasteiger partial charge >= 0.3 is 0 Å². The van der Waals surface area contributed by atoms with E-state index in [-0.39, 0.29) is 0 Å². The van der Waals surface area contributed by atoms with Gasteiger partial charge in [0.2, 0.25) is 0 Å². The molecular weight excluding hydrogens is 474 g/mol. The maximum atomic E-state index is 13.9. The topological polar surface area (TPSA) is 29.4 Å². The molecule has 0 aromatic heterocycles. The summed E-state index contributed by atoms with van der Waals surface area (Å²) in [6.07, 6.45) is 0. The van der Waals surface area contributed by atoms with Crippen molar-refractivity contribution in [2.75, 3.05) is 0 Å². The van der Waals surface area contributed by atoms with E-state index < -0.39 is 9.73 Å². The molecule has 2 nitrogen and oxygen atoms in total. The summed E-state index contributed by atoms with van der Waals surface area (Å²) in [7, 11) is -2.77. The summed E-state index contributed by atoms with van der Waals surface area (Å²) in [5, 5.41) is 0.604. The van der Waals surface area contributed by atoms with Crippen molar-refractivity contribution in [2.24, 2.45) is 4.36 Å². The third-order valence-electron chi connectivity index (χ3n) is 3.84. The minimum atomic E-state index is -2.77. The Labute approximate surface area is 162 Å². The van der Waals surface area contributed by atoms with Gasteiger partial charge in [-0.25, -0.2) is 4.21 Å². The van der Waals surface area contributed by atoms with E-state index in [2.05, 4.69) is 36.2 Å². The summed E-state index contributed by atoms with van der Waals surface area (Å²) in [5.74, 6) is 0. The Morgan fingerprint density at radius 2 is 1.67 bits per heavy atom. The van der Waals surface area contributed by atoms with Gasteiger partial charge in [0.15, 0.2) is 0 Å². The molecule has 1 unspecified atom stereocenters. The van der Waals surface area contributed by atoms with Crippen LogP contribution in [0.1, 0.15) is 0 Å². The van der Waals surface area contributed by atoms with Crippen LogP contribution in [-0.4, -0.2) is 4.21 Å². The zero-order chi connectivity index (χ0) is 16.9. The molecule has 24 heavy (non-hydrogen) atoms. The maximum absolute atomic E-state index is 13.9. The number of hydrogen-bond donors (Lipinski definition) is 0. The number of benzene rings is 3. The average Bonchev–Trinajstić information content (AvgIpc) is 2.57. The van der Waals surface area contributed by atoms with Gasteiger partial charge in [0.1, 0.15) is 9.73 Å². The van der Waals surface area contributed by atoms with Crippen LogP contribution in [0.25, 0.3) is 11.1 Å². The van der Waals surface area contributed by atoms with Crippen molar-refractivity contribution < 1.29 is 4.21 Å². The smallest absolute Gasteiger partial charge is 0.109 e. The summed E-state index contributed by atoms with van der Waals surface area (Å²) in [6, 6.07) is 18.7. The lowest BCUT2D eigenvalue weighted by atomic mass is 10.0. The molecule has 3 aromatic rings. The van der Waals surface area contributed by atoms with Gasteiger partial charge in [0.25, 0.3) is 0 Å². The van der Waals surface area contributed by atoms with Gasteiger partial charge in [-0.15, -0.1) is 0 Å². The summed E-state index contributed by atoms with van der Waals surface area (Å²) >= 11 is 13.3. The van der Waals surface area contributed by atoms with E-state index in [0.29, 0.717) is 20.5 Å². The van der Waals surface area contributed by atoms with Crippen molar-refractivity contribution in [1.82, 2.24) is 0 Å². The Morgan fingerprint density at radius 1 is 0.917 bits per heavy atom. The fraction of sp³-hybridized carbons (Fsp3) is 0. The number of hydrogen-bond acceptors (Lipinski definition) is 2. The maximum Gasteiger partial charge on any atom is 0.109 e. The zero-order valence-electron chi connectivity index (χ0n) is 12.2. The van der Waals surface area contributed by atoms with Gasteiger partial charge in [0, 0.05) is 25.1 Å². The molecule has 0 radical (unpaired) electrons. The second-order valence-electron chi connectivity index (χ2n) is 5.35. The van der Waals surface area contributed by atoms with Crippen molar-refractivity contribution in [3.63, 3.8) is 0 Å². The molecule has 6 heteroatoms. The second kappa shape index (κ2) is 5.99. The number of fused-ring (bicyclic) bond motifs is 3. The van der Waals surface area contributed by atoms with Crippen LogP contribution in [0.15, 0.2) is 83.8 Å². The van der Waals surface area contributed by atoms with E-state index in [1.165, 1.54) is 0 Å². The van der Waals surface area contributed by atoms with Crippen LogP contribution in [0, 0.1) is 0 Å². The Kier molecular flexibility index (Phi) is 4.07. The van der Waals surface area contributed by atoms with Crippen LogP contribution in [0.5, 0.6) is 0 Å². The Hall–Kier alpha value is -1.14. The van der Waals surface area contributed by atoms with E-state index in [9.17, 15) is 4.21 Å². The lowest BCUT2D eigenvalue weighted by Crippen LogP contribution is -2.07. The fourth-order valence-electron chi connectivity index (χ4n) is 2.78. The van der Waals surface area contributed by atoms with Crippen molar-refractivity contribution in [3.05, 3.63) is 74.6 Å². The summed E-state index contributed by atoms with van der Waals surface area (Å²) in [6.45, 7) is 0. The highest BCUT2D eigenvalue weighted by molar-refractivity contribution is 9.11. The van der Waals surface area contributed by atoms with Gasteiger partial charge in [-0.2, -0.15) is 4.36 Å². The molecular formula is C18H10Br2ClNOS. The lowest BCUT2D eigenvalue weighted by molar-refractivity contribution is 0.676. The molecule has 1 heterocycles. The molecule has 0 saturated heterocycles. The molecule has 1 atom stereocenters. The Morgan fingerprint density at radius 3 is 2.42 bits per heavy atom. The van der Waals surface area contributed by atoms with Crippen LogP contribution in [0.4, 0.5) is 5.69 Å². The van der Waals surface area contributed by atoms with Crippen molar-refractivity contribution in [1.29, 1.82) is 0 Å². The van der Waals surface area contributed by atoms with Gasteiger partial charge < -0.3 is 0 Å². The molecule has 3 aromatic carbocycles. The van der Waals surface area contributed by atoms with E-state index in [1.807, 2.05) is 54.6 Å². The summed E-state index contributed by atoms with van der Waals surface area (Å²) in [4.78, 5) is 1.38. The quantitative estimate of drug-likeness (QED) is 0.285. The first-order chi connectivity index (χ1) is 11.5. The Bertz CT molecular complexity index is 1090. The minimum absolute atomic E-state index is 0.604. The largest absolute Gasteiger partial charge is 0.239 e. The monoisotopic (exact) mass is 481 g/mol. The molecule has 0 fully saturated rings. The number of rotatable bonds is 1. The van der Waals surface area contributed by atoms with Crippen LogP contribution < -0.4 is 0 Å². The van der Waals surface area contributed by atoms with Crippen molar-refractivity contribution in [2.45, 2.75) is 9.79 Å². The third kappa shape index (κ3) is 2.54. The van der Waals surface area contributed by atoms with Gasteiger partial charge in [-0.1, -0.05) is 45.7 Å². The molecule has 0 spiro atoms. The fourth-order valence-corrected chi connectivity index (χ4v) is 6.54. The highest BCUT2D eigenvalue weighted by Crippen LogP contribution is 2.48. The van der Waals surface area contributed by atoms with Crippen molar-refractivity contribution in [3.8, 4) is 11.1 Å². The highest BCUT2D eigenvalue weighted by atomic mass is 79.9. The first-order valence-electron chi connectivity index (χ1n) is 7.10. The normalized spacial score (nSPS) is 18.5. The molecule has 0 aliphatic carbocycles. The number of halogens is 3. The first kappa shape index (κ1) is 16.3. The predicted octanol–water partition coefficient (Wildman–Crippen LogP) is 7.06. The molecule has 4 rings (SSSR count). The van der Waals surface area contributed by atoms with Crippen molar-refractivity contribution >= 4 is 58.9 Å². The average molecular weight is 484 g/mol. The standard InChI is InChI=1S/C18H10Br2ClNOS/c19-11-8-15-14-10-12(21)6-7-17(14)24(23,13-4-2-1-3-5-13)22-18(15)16(20)9-11/h1-10H. The SMILES string of the molecule is O=S1(c2ccccc2)=Nc2c(Br)cc(Br)cc2-c2cc(Cl)ccc21. The third-order valence-corrected chi connectivity index (χ3v) is 7.44. The first-order valence-corrected chi connectivity index (χ1v) is 10.6. The predicted molar refractivity (Wildman–Crippen MR) is 105 cm³/mol. The minimum Gasteiger partial charge on any atom is -0.239 e. The van der Waals surface area contributed by atoms with Crippen LogP contribution in [0.3, 0.4) is 0 Å². The van der Waals surface area contributed by atoms with Gasteiger partial charge in [0.05, 0.1) is 15.5 Å². The molecule has 0 N–H and O–H groups in total. The number of nitrogens with zero attached hydrogens (tertiary/aromatic N) is 1. The van der Waals surface area contributed by atoms with Crippen LogP contribution in [0.2, 0.25) is 5.02 Å². The summed E-state index contributed by atoms with van der Waals surface area (Å²) < 4.78 is 20.3. The zero-order valence-corrected chi connectivity index (χ0v) is 16.9. The molecule has 1 aliphatic rings. The molecule has 0 bridgehead atoms. The molecule has 0 saturated carbocycles. The van der Waals surface area contributed by atoms with E-state index >= 15 is 0 Å². The molecule has 0 amide bonds. The molecule has 1 aliphatic heterocycles. The van der Waals surface area contributed by atoms with E-state index in [4.69, 9.17) is 11.6 Å². The van der Waals surface area contributed by atoms with Gasteiger partial charge in [-0.3, -0.25) is 0 Å². The van der Waals surface area contributed by atoms with Crippen LogP contribution in [-0.2, 0) is 9.73 Å². The van der Waals surface area contributed by atoms with E-state index in [0.717, 1.165) is 20.1 Å². The summed E-state index contributed by atoms with van der Waals surface area (Å²) in [5.41, 5.74) is 2.44.